The van der Waals surface area contributed by atoms with Gasteiger partial charge in [0.05, 0.1) is 17.6 Å². The third kappa shape index (κ3) is 3.55. The molecule has 0 bridgehead atoms. The third-order valence-corrected chi connectivity index (χ3v) is 3.67. The van der Waals surface area contributed by atoms with Crippen LogP contribution in [0, 0.1) is 6.92 Å². The number of rotatable bonds is 3. The topological polar surface area (TPSA) is 98.9 Å². The van der Waals surface area contributed by atoms with Gasteiger partial charge in [0, 0.05) is 24.7 Å². The quantitative estimate of drug-likeness (QED) is 0.893. The van der Waals surface area contributed by atoms with Gasteiger partial charge in [0.2, 0.25) is 5.95 Å². The first kappa shape index (κ1) is 17.1. The Labute approximate surface area is 133 Å². The average molecular weight is 325 g/mol. The van der Waals surface area contributed by atoms with Crippen molar-refractivity contribution in [2.75, 3.05) is 30.8 Å². The Balaban J connectivity index is 0.000000924. The highest BCUT2D eigenvalue weighted by molar-refractivity contribution is 5.66. The number of hydrogen-bond donors (Lipinski definition) is 2. The molecule has 0 atom stereocenters. The van der Waals surface area contributed by atoms with E-state index in [4.69, 9.17) is 5.73 Å². The summed E-state index contributed by atoms with van der Waals surface area (Å²) in [5, 5.41) is 3.70. The number of anilines is 2. The summed E-state index contributed by atoms with van der Waals surface area (Å²) in [5.74, 6) is 0.873. The zero-order chi connectivity index (χ0) is 17.0. The van der Waals surface area contributed by atoms with Crippen LogP contribution in [0.25, 0.3) is 11.3 Å². The normalized spacial score (nSPS) is 14.1. The first-order chi connectivity index (χ1) is 11.1. The molecule has 1 saturated heterocycles. The van der Waals surface area contributed by atoms with Crippen LogP contribution in [-0.2, 0) is 0 Å². The van der Waals surface area contributed by atoms with E-state index in [1.54, 1.807) is 13.0 Å². The van der Waals surface area contributed by atoms with E-state index < -0.39 is 6.55 Å². The molecule has 0 unspecified atom stereocenters. The lowest BCUT2D eigenvalue weighted by molar-refractivity contribution is 0.0545. The molecule has 1 aliphatic heterocycles. The van der Waals surface area contributed by atoms with Crippen molar-refractivity contribution in [2.45, 2.75) is 26.3 Å². The number of nitrogens with zero attached hydrogens (tertiary/aromatic N) is 5. The number of hydrogen-bond acceptors (Lipinski definition) is 6. The van der Waals surface area contributed by atoms with Gasteiger partial charge < -0.3 is 16.4 Å². The Hall–Kier alpha value is -2.29. The van der Waals surface area contributed by atoms with Gasteiger partial charge in [-0.1, -0.05) is 0 Å². The molecule has 0 aliphatic carbocycles. The van der Waals surface area contributed by atoms with Gasteiger partial charge >= 0.3 is 6.55 Å². The molecule has 0 spiro atoms. The zero-order valence-electron chi connectivity index (χ0n) is 13.2. The van der Waals surface area contributed by atoms with Crippen molar-refractivity contribution in [3.8, 4) is 11.3 Å². The fourth-order valence-corrected chi connectivity index (χ4v) is 2.57. The van der Waals surface area contributed by atoms with Gasteiger partial charge in [-0.15, -0.1) is 0 Å². The second-order valence-electron chi connectivity index (χ2n) is 5.03. The lowest BCUT2D eigenvalue weighted by atomic mass is 10.2. The summed E-state index contributed by atoms with van der Waals surface area (Å²) in [6, 6.07) is 1.78. The van der Waals surface area contributed by atoms with Crippen molar-refractivity contribution in [2.24, 2.45) is 5.73 Å². The highest BCUT2D eigenvalue weighted by Gasteiger charge is 2.19. The van der Waals surface area contributed by atoms with Gasteiger partial charge in [-0.2, -0.15) is 18.9 Å². The van der Waals surface area contributed by atoms with Crippen LogP contribution in [0.15, 0.2) is 12.3 Å². The molecular formula is C14H21F2N7. The lowest BCUT2D eigenvalue weighted by Gasteiger charge is -2.17. The first-order valence-corrected chi connectivity index (χ1v) is 7.36. The number of halogens is 2. The molecule has 2 aromatic heterocycles. The van der Waals surface area contributed by atoms with Gasteiger partial charge in [-0.25, -0.2) is 9.67 Å². The van der Waals surface area contributed by atoms with Crippen molar-refractivity contribution in [1.82, 2.24) is 19.7 Å². The minimum Gasteiger partial charge on any atom is -0.368 e. The van der Waals surface area contributed by atoms with Crippen LogP contribution in [0.1, 0.15) is 25.1 Å². The second kappa shape index (κ2) is 7.32. The van der Waals surface area contributed by atoms with Gasteiger partial charge in [0.1, 0.15) is 5.82 Å². The number of aromatic nitrogens is 4. The fourth-order valence-electron chi connectivity index (χ4n) is 2.57. The van der Waals surface area contributed by atoms with Crippen molar-refractivity contribution in [3.63, 3.8) is 0 Å². The molecule has 0 aromatic carbocycles. The van der Waals surface area contributed by atoms with E-state index >= 15 is 0 Å². The zero-order valence-corrected chi connectivity index (χ0v) is 13.2. The van der Waals surface area contributed by atoms with E-state index in [2.05, 4.69) is 25.7 Å². The van der Waals surface area contributed by atoms with Crippen molar-refractivity contribution in [1.29, 1.82) is 0 Å². The summed E-state index contributed by atoms with van der Waals surface area (Å²) < 4.78 is 26.3. The van der Waals surface area contributed by atoms with Crippen LogP contribution in [0.5, 0.6) is 0 Å². The summed E-state index contributed by atoms with van der Waals surface area (Å²) >= 11 is 0. The molecule has 9 heteroatoms. The highest BCUT2D eigenvalue weighted by Crippen LogP contribution is 2.28. The Morgan fingerprint density at radius 1 is 1.17 bits per heavy atom. The van der Waals surface area contributed by atoms with E-state index in [0.29, 0.717) is 21.6 Å². The number of nitrogen functional groups attached to an aromatic ring is 1. The predicted molar refractivity (Wildman–Crippen MR) is 85.2 cm³/mol. The Morgan fingerprint density at radius 3 is 2.39 bits per heavy atom. The van der Waals surface area contributed by atoms with E-state index in [1.807, 2.05) is 0 Å². The summed E-state index contributed by atoms with van der Waals surface area (Å²) in [6.45, 7) is 0.759. The maximum Gasteiger partial charge on any atom is 0.333 e. The van der Waals surface area contributed by atoms with Crippen LogP contribution in [-0.4, -0.2) is 39.9 Å². The van der Waals surface area contributed by atoms with Crippen LogP contribution in [0.4, 0.5) is 20.5 Å². The van der Waals surface area contributed by atoms with Crippen LogP contribution in [0.2, 0.25) is 0 Å². The molecular weight excluding hydrogens is 304 g/mol. The molecule has 7 nitrogen and oxygen atoms in total. The minimum absolute atomic E-state index is 0.138. The molecule has 2 aromatic rings. The average Bonchev–Trinajstić information content (AvgIpc) is 3.18. The Kier molecular flexibility index (Phi) is 5.43. The smallest absolute Gasteiger partial charge is 0.333 e. The molecule has 0 saturated carbocycles. The van der Waals surface area contributed by atoms with E-state index in [0.717, 1.165) is 31.7 Å². The van der Waals surface area contributed by atoms with E-state index in [1.165, 1.54) is 13.2 Å². The monoisotopic (exact) mass is 325 g/mol. The number of alkyl halides is 2. The minimum atomic E-state index is -2.67. The largest absolute Gasteiger partial charge is 0.368 e. The predicted octanol–water partition coefficient (Wildman–Crippen LogP) is 1.80. The molecule has 0 amide bonds. The SMILES string of the molecule is CN.Cc1c(-c2cc(N3CCCC3)nc(N)n2)cnn1C(F)F. The summed E-state index contributed by atoms with van der Waals surface area (Å²) in [4.78, 5) is 10.5. The van der Waals surface area contributed by atoms with Crippen LogP contribution < -0.4 is 16.4 Å². The van der Waals surface area contributed by atoms with E-state index in [9.17, 15) is 8.78 Å². The Morgan fingerprint density at radius 2 is 1.83 bits per heavy atom. The standard InChI is InChI=1S/C13H16F2N6.CH5N/c1-8-9(7-17-21(8)12(14)15)10-6-11(19-13(16)18-10)20-4-2-3-5-20;1-2/h6-7,12H,2-5H2,1H3,(H2,16,18,19);2H2,1H3. The lowest BCUT2D eigenvalue weighted by Crippen LogP contribution is -2.19. The third-order valence-electron chi connectivity index (χ3n) is 3.67. The molecule has 0 radical (unpaired) electrons. The molecule has 3 heterocycles. The number of nitrogens with two attached hydrogens (primary N) is 2. The van der Waals surface area contributed by atoms with Crippen molar-refractivity contribution >= 4 is 11.8 Å². The van der Waals surface area contributed by atoms with E-state index in [-0.39, 0.29) is 5.95 Å². The molecule has 3 rings (SSSR count). The Bertz CT molecular complexity index is 651. The summed E-state index contributed by atoms with van der Waals surface area (Å²) in [6.07, 6.45) is 3.61. The van der Waals surface area contributed by atoms with Gasteiger partial charge in [-0.3, -0.25) is 0 Å². The second-order valence-corrected chi connectivity index (χ2v) is 5.03. The van der Waals surface area contributed by atoms with Gasteiger partial charge in [-0.05, 0) is 26.8 Å². The molecule has 23 heavy (non-hydrogen) atoms. The maximum atomic E-state index is 12.8. The first-order valence-electron chi connectivity index (χ1n) is 7.36. The molecule has 1 aliphatic rings. The van der Waals surface area contributed by atoms with Gasteiger partial charge in [0.15, 0.2) is 0 Å². The molecule has 4 N–H and O–H groups in total. The summed E-state index contributed by atoms with van der Waals surface area (Å²) in [5.41, 5.74) is 11.7. The molecule has 126 valence electrons. The maximum absolute atomic E-state index is 12.8. The summed E-state index contributed by atoms with van der Waals surface area (Å²) in [7, 11) is 1.50. The van der Waals surface area contributed by atoms with Crippen molar-refractivity contribution < 1.29 is 8.78 Å². The van der Waals surface area contributed by atoms with Crippen molar-refractivity contribution in [3.05, 3.63) is 18.0 Å². The molecule has 1 fully saturated rings. The van der Waals surface area contributed by atoms with Crippen LogP contribution in [0.3, 0.4) is 0 Å². The highest BCUT2D eigenvalue weighted by atomic mass is 19.3. The van der Waals surface area contributed by atoms with Crippen LogP contribution >= 0.6 is 0 Å². The fraction of sp³-hybridized carbons (Fsp3) is 0.500. The van der Waals surface area contributed by atoms with Gasteiger partial charge in [0.25, 0.3) is 0 Å².